The van der Waals surface area contributed by atoms with Gasteiger partial charge in [0.15, 0.2) is 0 Å². The molecule has 1 atom stereocenters. The largest absolute Gasteiger partial charge is 0.466 e. The average molecular weight is 441 g/mol. The van der Waals surface area contributed by atoms with Crippen molar-refractivity contribution in [1.82, 2.24) is 9.80 Å². The van der Waals surface area contributed by atoms with Crippen LogP contribution in [0.5, 0.6) is 0 Å². The third kappa shape index (κ3) is 5.97. The Bertz CT molecular complexity index is 602. The van der Waals surface area contributed by atoms with Crippen LogP contribution in [0.15, 0.2) is 0 Å². The Morgan fingerprint density at radius 3 is 2.06 bits per heavy atom. The summed E-state index contributed by atoms with van der Waals surface area (Å²) in [6.07, 6.45) is 4.86. The Labute approximate surface area is 186 Å². The number of hydrogen-bond donors (Lipinski definition) is 0. The summed E-state index contributed by atoms with van der Waals surface area (Å²) in [5, 5.41) is 0. The van der Waals surface area contributed by atoms with Gasteiger partial charge in [0.05, 0.1) is 31.8 Å². The number of morpholine rings is 1. The molecule has 0 aromatic carbocycles. The zero-order valence-electron chi connectivity index (χ0n) is 19.7. The lowest BCUT2D eigenvalue weighted by atomic mass is 9.87. The van der Waals surface area contributed by atoms with Gasteiger partial charge in [0.1, 0.15) is 5.60 Å². The SMILES string of the molecule is CCOC(=O)C1CCC(OC(C(=O)OC(C)(C)C)(N2CCCC2)N2CCOCC2)CC1. The number of rotatable bonds is 7. The summed E-state index contributed by atoms with van der Waals surface area (Å²) in [5.74, 6) is -1.77. The van der Waals surface area contributed by atoms with E-state index in [1.165, 1.54) is 0 Å². The van der Waals surface area contributed by atoms with Gasteiger partial charge in [-0.05, 0) is 66.2 Å². The maximum absolute atomic E-state index is 13.8. The van der Waals surface area contributed by atoms with E-state index in [2.05, 4.69) is 9.80 Å². The topological polar surface area (TPSA) is 77.5 Å². The second-order valence-corrected chi connectivity index (χ2v) is 9.75. The van der Waals surface area contributed by atoms with Crippen LogP contribution in [0, 0.1) is 5.92 Å². The van der Waals surface area contributed by atoms with Gasteiger partial charge in [0.2, 0.25) is 0 Å². The van der Waals surface area contributed by atoms with E-state index < -0.39 is 11.4 Å². The van der Waals surface area contributed by atoms with Gasteiger partial charge in [0.25, 0.3) is 5.85 Å². The smallest absolute Gasteiger partial charge is 0.371 e. The van der Waals surface area contributed by atoms with Crippen molar-refractivity contribution in [2.24, 2.45) is 5.92 Å². The molecule has 3 aliphatic rings. The van der Waals surface area contributed by atoms with E-state index in [1.54, 1.807) is 0 Å². The van der Waals surface area contributed by atoms with Crippen LogP contribution in [-0.2, 0) is 28.5 Å². The fourth-order valence-corrected chi connectivity index (χ4v) is 4.80. The lowest BCUT2D eigenvalue weighted by Gasteiger charge is -2.50. The summed E-state index contributed by atoms with van der Waals surface area (Å²) < 4.78 is 23.5. The van der Waals surface area contributed by atoms with Gasteiger partial charge in [-0.3, -0.25) is 9.69 Å². The highest BCUT2D eigenvalue weighted by atomic mass is 16.6. The number of carbonyl (C=O) groups is 2. The molecule has 0 spiro atoms. The molecule has 1 aliphatic carbocycles. The third-order valence-electron chi connectivity index (χ3n) is 6.26. The molecular weight excluding hydrogens is 400 g/mol. The van der Waals surface area contributed by atoms with E-state index in [-0.39, 0.29) is 24.0 Å². The minimum Gasteiger partial charge on any atom is -0.466 e. The van der Waals surface area contributed by atoms with Gasteiger partial charge in [-0.15, -0.1) is 0 Å². The van der Waals surface area contributed by atoms with Gasteiger partial charge >= 0.3 is 11.9 Å². The van der Waals surface area contributed by atoms with Crippen molar-refractivity contribution in [3.63, 3.8) is 0 Å². The van der Waals surface area contributed by atoms with Crippen LogP contribution in [0.3, 0.4) is 0 Å². The fraction of sp³-hybridized carbons (Fsp3) is 0.913. The van der Waals surface area contributed by atoms with Crippen LogP contribution < -0.4 is 0 Å². The molecule has 0 amide bonds. The van der Waals surface area contributed by atoms with E-state index in [0.717, 1.165) is 51.6 Å². The molecule has 3 rings (SSSR count). The standard InChI is InChI=1S/C23H40N2O6/c1-5-29-20(26)18-8-10-19(11-9-18)30-23(24-12-6-7-13-24,21(27)31-22(2,3)4)25-14-16-28-17-15-25/h18-19H,5-17H2,1-4H3. The van der Waals surface area contributed by atoms with Gasteiger partial charge in [-0.2, -0.15) is 0 Å². The van der Waals surface area contributed by atoms with Crippen LogP contribution in [0.2, 0.25) is 0 Å². The third-order valence-corrected chi connectivity index (χ3v) is 6.26. The van der Waals surface area contributed by atoms with E-state index in [0.29, 0.717) is 32.9 Å². The molecule has 0 aromatic rings. The minimum atomic E-state index is -1.24. The number of nitrogens with zero attached hydrogens (tertiary/aromatic N) is 2. The molecule has 2 saturated heterocycles. The van der Waals surface area contributed by atoms with Crippen molar-refractivity contribution in [3.8, 4) is 0 Å². The first-order chi connectivity index (χ1) is 14.8. The van der Waals surface area contributed by atoms with Crippen molar-refractivity contribution in [3.05, 3.63) is 0 Å². The molecule has 1 saturated carbocycles. The minimum absolute atomic E-state index is 0.0779. The van der Waals surface area contributed by atoms with Crippen LogP contribution >= 0.6 is 0 Å². The average Bonchev–Trinajstić information content (AvgIpc) is 3.27. The predicted molar refractivity (Wildman–Crippen MR) is 115 cm³/mol. The molecule has 31 heavy (non-hydrogen) atoms. The molecule has 3 fully saturated rings. The molecule has 0 aromatic heterocycles. The normalized spacial score (nSPS) is 28.1. The summed E-state index contributed by atoms with van der Waals surface area (Å²) in [5.41, 5.74) is -0.612. The van der Waals surface area contributed by atoms with E-state index in [9.17, 15) is 9.59 Å². The summed E-state index contributed by atoms with van der Waals surface area (Å²) >= 11 is 0. The molecular formula is C23H40N2O6. The van der Waals surface area contributed by atoms with Gasteiger partial charge < -0.3 is 18.9 Å². The van der Waals surface area contributed by atoms with Gasteiger partial charge in [0, 0.05) is 26.2 Å². The molecule has 0 bridgehead atoms. The highest BCUT2D eigenvalue weighted by molar-refractivity contribution is 5.79. The summed E-state index contributed by atoms with van der Waals surface area (Å²) in [6.45, 7) is 11.9. The molecule has 2 aliphatic heterocycles. The highest BCUT2D eigenvalue weighted by Gasteiger charge is 2.55. The summed E-state index contributed by atoms with van der Waals surface area (Å²) in [6, 6.07) is 0. The van der Waals surface area contributed by atoms with Gasteiger partial charge in [-0.1, -0.05) is 0 Å². The Balaban J connectivity index is 1.82. The lowest BCUT2D eigenvalue weighted by Crippen LogP contribution is -2.70. The molecule has 1 unspecified atom stereocenters. The van der Waals surface area contributed by atoms with E-state index in [4.69, 9.17) is 18.9 Å². The first kappa shape index (κ1) is 24.4. The lowest BCUT2D eigenvalue weighted by molar-refractivity contribution is -0.284. The Hall–Kier alpha value is -1.22. The number of carbonyl (C=O) groups excluding carboxylic acids is 2. The molecule has 8 nitrogen and oxygen atoms in total. The van der Waals surface area contributed by atoms with E-state index >= 15 is 0 Å². The van der Waals surface area contributed by atoms with Crippen LogP contribution in [0.25, 0.3) is 0 Å². The molecule has 8 heteroatoms. The number of esters is 2. The fourth-order valence-electron chi connectivity index (χ4n) is 4.80. The van der Waals surface area contributed by atoms with Crippen molar-refractivity contribution in [2.75, 3.05) is 46.0 Å². The maximum Gasteiger partial charge on any atom is 0.371 e. The molecule has 2 heterocycles. The Kier molecular flexibility index (Phi) is 8.35. The highest BCUT2D eigenvalue weighted by Crippen LogP contribution is 2.36. The predicted octanol–water partition coefficient (Wildman–Crippen LogP) is 2.55. The second kappa shape index (κ2) is 10.6. The summed E-state index contributed by atoms with van der Waals surface area (Å²) in [4.78, 5) is 30.2. The Morgan fingerprint density at radius 2 is 1.52 bits per heavy atom. The molecule has 178 valence electrons. The second-order valence-electron chi connectivity index (χ2n) is 9.75. The number of likely N-dealkylation sites (tertiary alicyclic amines) is 1. The zero-order chi connectivity index (χ0) is 22.5. The van der Waals surface area contributed by atoms with Crippen LogP contribution in [-0.4, -0.2) is 85.3 Å². The maximum atomic E-state index is 13.8. The van der Waals surface area contributed by atoms with Crippen LogP contribution in [0.4, 0.5) is 0 Å². The van der Waals surface area contributed by atoms with E-state index in [1.807, 2.05) is 27.7 Å². The number of hydrogen-bond acceptors (Lipinski definition) is 8. The Morgan fingerprint density at radius 1 is 0.935 bits per heavy atom. The zero-order valence-corrected chi connectivity index (χ0v) is 19.7. The van der Waals surface area contributed by atoms with Crippen molar-refractivity contribution in [1.29, 1.82) is 0 Å². The number of ether oxygens (including phenoxy) is 4. The van der Waals surface area contributed by atoms with Crippen molar-refractivity contribution < 1.29 is 28.5 Å². The monoisotopic (exact) mass is 440 g/mol. The summed E-state index contributed by atoms with van der Waals surface area (Å²) in [7, 11) is 0. The van der Waals surface area contributed by atoms with Gasteiger partial charge in [-0.25, -0.2) is 9.69 Å². The van der Waals surface area contributed by atoms with Crippen LogP contribution in [0.1, 0.15) is 66.2 Å². The molecule has 0 N–H and O–H groups in total. The molecule has 0 radical (unpaired) electrons. The first-order valence-corrected chi connectivity index (χ1v) is 11.9. The van der Waals surface area contributed by atoms with Crippen molar-refractivity contribution >= 4 is 11.9 Å². The quantitative estimate of drug-likeness (QED) is 0.559. The van der Waals surface area contributed by atoms with Crippen molar-refractivity contribution in [2.45, 2.75) is 83.8 Å². The first-order valence-electron chi connectivity index (χ1n) is 11.9.